The minimum atomic E-state index is -3.57. The largest absolute Gasteiger partial charge is 0.457 e. The van der Waals surface area contributed by atoms with Gasteiger partial charge >= 0.3 is 17.9 Å². The second-order valence-electron chi connectivity index (χ2n) is 28.5. The number of aryl methyl sites for hydroxylation is 2. The van der Waals surface area contributed by atoms with Crippen molar-refractivity contribution in [2.45, 2.75) is 225 Å². The molecule has 0 spiro atoms. The maximum atomic E-state index is 13.2. The molecule has 4 heterocycles. The summed E-state index contributed by atoms with van der Waals surface area (Å²) in [6, 6.07) is 39.4. The molecule has 2 N–H and O–H groups in total. The number of nitrogens with zero attached hydrogens (tertiary/aromatic N) is 4. The Bertz CT molecular complexity index is 3590. The molecule has 1 saturated heterocycles. The van der Waals surface area contributed by atoms with Crippen LogP contribution in [-0.2, 0) is 70.0 Å². The smallest absolute Gasteiger partial charge is 0.309 e. The number of aliphatic hydroxyl groups excluding tert-OH is 1. The lowest BCUT2D eigenvalue weighted by molar-refractivity contribution is -0.157. The van der Waals surface area contributed by atoms with E-state index in [2.05, 4.69) is 106 Å². The summed E-state index contributed by atoms with van der Waals surface area (Å²) < 4.78 is 63.6. The third kappa shape index (κ3) is 24.8. The zero-order chi connectivity index (χ0) is 71.8. The first-order valence-corrected chi connectivity index (χ1v) is 38.9. The molecule has 18 nitrogen and oxygen atoms in total. The molecule has 0 radical (unpaired) electrons. The number of aromatic nitrogens is 4. The SMILES string of the molecule is C/C(=C\C=O)[C@H]1OC(=O)C[C@H](O[Si](C)(C)C(C)(C)C)CC[C@@]2(C)OC(c3ccccc3)O[C@H]2/C=C/[C@@H]1C.CC(=O)O[C@H]1/C=C/[C@H](C)[C@@H](/C(C)=C/C=C/C(C)CCc2ccccc2)OC(=O)C[C@H](O)CC[C@@]1(C)O.CC(CCc1ccccc1)CS(=O)(=O)c1nnnn1-c1ccccc1. The van der Waals surface area contributed by atoms with Gasteiger partial charge in [-0.1, -0.05) is 199 Å². The Kier molecular flexibility index (Phi) is 30.3. The molecular formula is C78H106N4O14SSi. The van der Waals surface area contributed by atoms with Gasteiger partial charge in [0.05, 0.1) is 42.1 Å². The Balaban J connectivity index is 0.000000236. The van der Waals surface area contributed by atoms with Gasteiger partial charge in [-0.05, 0) is 166 Å². The van der Waals surface area contributed by atoms with Crippen molar-refractivity contribution in [1.82, 2.24) is 20.2 Å². The van der Waals surface area contributed by atoms with Crippen molar-refractivity contribution in [3.05, 3.63) is 198 Å². The van der Waals surface area contributed by atoms with Crippen molar-refractivity contribution in [3.63, 3.8) is 0 Å². The molecular weight excluding hydrogens is 1280 g/mol. The number of cyclic esters (lactones) is 2. The Morgan fingerprint density at radius 1 is 0.755 bits per heavy atom. The Morgan fingerprint density at radius 2 is 1.30 bits per heavy atom. The van der Waals surface area contributed by atoms with Gasteiger partial charge < -0.3 is 38.3 Å². The fraction of sp³-hybridized carbons (Fsp3) is 0.500. The molecule has 20 heteroatoms. The topological polar surface area (TPSA) is 242 Å². The van der Waals surface area contributed by atoms with E-state index in [9.17, 15) is 37.8 Å². The van der Waals surface area contributed by atoms with E-state index in [-0.39, 0.29) is 77.6 Å². The number of para-hydroxylation sites is 1. The summed E-state index contributed by atoms with van der Waals surface area (Å²) in [4.78, 5) is 48.6. The van der Waals surface area contributed by atoms with Crippen LogP contribution in [0.2, 0.25) is 18.1 Å². The number of benzene rings is 4. The molecule has 1 fully saturated rings. The van der Waals surface area contributed by atoms with Crippen LogP contribution in [0, 0.1) is 23.7 Å². The van der Waals surface area contributed by atoms with E-state index < -0.39 is 72.0 Å². The van der Waals surface area contributed by atoms with E-state index in [1.807, 2.05) is 138 Å². The van der Waals surface area contributed by atoms with Gasteiger partial charge in [0.2, 0.25) is 9.84 Å². The van der Waals surface area contributed by atoms with Crippen molar-refractivity contribution in [2.24, 2.45) is 23.7 Å². The van der Waals surface area contributed by atoms with Gasteiger partial charge in [0.1, 0.15) is 36.3 Å². The van der Waals surface area contributed by atoms with Crippen molar-refractivity contribution in [1.29, 1.82) is 0 Å². The molecule has 0 bridgehead atoms. The van der Waals surface area contributed by atoms with Crippen LogP contribution in [0.25, 0.3) is 5.69 Å². The van der Waals surface area contributed by atoms with E-state index in [4.69, 9.17) is 28.1 Å². The number of rotatable bonds is 19. The number of ether oxygens (including phenoxy) is 5. The lowest BCUT2D eigenvalue weighted by Crippen LogP contribution is -2.45. The quantitative estimate of drug-likeness (QED) is 0.0148. The number of hydrogen-bond acceptors (Lipinski definition) is 17. The van der Waals surface area contributed by atoms with Crippen molar-refractivity contribution >= 4 is 42.3 Å². The first-order chi connectivity index (χ1) is 46.3. The fourth-order valence-corrected chi connectivity index (χ4v) is 14.6. The fourth-order valence-electron chi connectivity index (χ4n) is 11.6. The number of tetrazole rings is 1. The van der Waals surface area contributed by atoms with Crippen LogP contribution in [0.5, 0.6) is 0 Å². The third-order valence-corrected chi connectivity index (χ3v) is 25.0. The lowest BCUT2D eigenvalue weighted by Gasteiger charge is -2.40. The Hall–Kier alpha value is -7.30. The summed E-state index contributed by atoms with van der Waals surface area (Å²) in [5.74, 6) is -1.32. The number of carbonyl (C=O) groups excluding carboxylic acids is 4. The zero-order valence-electron chi connectivity index (χ0n) is 59.9. The van der Waals surface area contributed by atoms with E-state index in [1.54, 1.807) is 25.1 Å². The normalized spacial score (nSPS) is 26.8. The second-order valence-corrected chi connectivity index (χ2v) is 35.2. The van der Waals surface area contributed by atoms with Gasteiger partial charge in [-0.2, -0.15) is 4.68 Å². The molecule has 13 atom stereocenters. The number of sulfone groups is 1. The van der Waals surface area contributed by atoms with Crippen LogP contribution < -0.4 is 0 Å². The van der Waals surface area contributed by atoms with Crippen molar-refractivity contribution in [3.8, 4) is 5.69 Å². The predicted molar refractivity (Wildman–Crippen MR) is 384 cm³/mol. The molecule has 3 aliphatic rings. The zero-order valence-corrected chi connectivity index (χ0v) is 61.7. The summed E-state index contributed by atoms with van der Waals surface area (Å²) in [5, 5.41) is 32.3. The highest BCUT2D eigenvalue weighted by Gasteiger charge is 2.47. The van der Waals surface area contributed by atoms with Gasteiger partial charge in [-0.25, -0.2) is 8.42 Å². The van der Waals surface area contributed by atoms with Gasteiger partial charge in [0.15, 0.2) is 14.6 Å². The molecule has 3 unspecified atom stereocenters. The number of hydrogen-bond donors (Lipinski definition) is 2. The number of esters is 3. The van der Waals surface area contributed by atoms with E-state index in [0.717, 1.165) is 43.1 Å². The van der Waals surface area contributed by atoms with Crippen LogP contribution in [-0.4, -0.2) is 125 Å². The highest BCUT2D eigenvalue weighted by Crippen LogP contribution is 2.44. The molecule has 5 aromatic rings. The molecule has 98 heavy (non-hydrogen) atoms. The number of allylic oxidation sites excluding steroid dienone is 4. The Morgan fingerprint density at radius 3 is 1.87 bits per heavy atom. The van der Waals surface area contributed by atoms with Gasteiger partial charge in [-0.3, -0.25) is 19.2 Å². The van der Waals surface area contributed by atoms with Crippen molar-refractivity contribution < 1.29 is 65.9 Å². The predicted octanol–water partition coefficient (Wildman–Crippen LogP) is 14.5. The highest BCUT2D eigenvalue weighted by molar-refractivity contribution is 7.91. The maximum Gasteiger partial charge on any atom is 0.309 e. The molecule has 4 aromatic carbocycles. The van der Waals surface area contributed by atoms with Crippen LogP contribution in [0.1, 0.15) is 157 Å². The summed E-state index contributed by atoms with van der Waals surface area (Å²) in [6.07, 6.45) is 17.0. The van der Waals surface area contributed by atoms with Crippen LogP contribution in [0.3, 0.4) is 0 Å². The number of aliphatic hydroxyl groups is 2. The second kappa shape index (κ2) is 37.2. The monoisotopic (exact) mass is 1380 g/mol. The van der Waals surface area contributed by atoms with Crippen LogP contribution >= 0.6 is 0 Å². The van der Waals surface area contributed by atoms with Crippen molar-refractivity contribution in [2.75, 3.05) is 5.75 Å². The summed E-state index contributed by atoms with van der Waals surface area (Å²) in [7, 11) is -5.73. The molecule has 3 aliphatic heterocycles. The van der Waals surface area contributed by atoms with Gasteiger partial charge in [0, 0.05) is 24.3 Å². The summed E-state index contributed by atoms with van der Waals surface area (Å²) in [6.45, 7) is 27.6. The summed E-state index contributed by atoms with van der Waals surface area (Å²) >= 11 is 0. The minimum Gasteiger partial charge on any atom is -0.457 e. The standard InChI is InChI=1S/C30H44O6Si.C30H42O6.C18H20N4O2S/c1-21-14-15-25-30(6,35-28(33-25)23-12-10-9-11-13-23)18-16-24(36-37(7,8)29(3,4)5)20-26(32)34-27(21)22(2)17-19-31;1-21(14-16-25-12-7-6-8-13-25)10-9-11-22(2)29-23(3)15-17-27(35-24(4)31)30(5,34)19-18-26(32)20-28(33)36-29;1-15(12-13-16-8-4-2-5-9-16)14-25(23,24)18-19-20-21-22(18)17-10-6-3-7-11-17/h9-15,17,19,21,24-25,27-28H,16,18,20H2,1-8H3;6-13,15,17,21,23,26-27,29,32,34H,14,16,18-20H2,1-5H3;2-11,15H,12-14H2,1H3/b15-14+,22-17+;10-9+,17-15+,22-11+;/t21-,24+,25-,27-,28?,30+;21?,23-,26+,27-,29+,30+;/m00./s1. The Labute approximate surface area is 583 Å². The third-order valence-electron chi connectivity index (χ3n) is 18.6. The van der Waals surface area contributed by atoms with E-state index in [1.165, 1.54) is 28.8 Å². The van der Waals surface area contributed by atoms with E-state index >= 15 is 0 Å². The summed E-state index contributed by atoms with van der Waals surface area (Å²) in [5.41, 5.74) is 3.70. The molecule has 8 rings (SSSR count). The average molecular weight is 1380 g/mol. The minimum absolute atomic E-state index is 0.00147. The number of aldehydes is 1. The van der Waals surface area contributed by atoms with Gasteiger partial charge in [0.25, 0.3) is 5.16 Å². The molecule has 1 aromatic heterocycles. The van der Waals surface area contributed by atoms with E-state index in [0.29, 0.717) is 30.0 Å². The van der Waals surface area contributed by atoms with Gasteiger partial charge in [-0.15, -0.1) is 0 Å². The van der Waals surface area contributed by atoms with Crippen LogP contribution in [0.4, 0.5) is 0 Å². The molecule has 0 saturated carbocycles. The maximum absolute atomic E-state index is 13.2. The lowest BCUT2D eigenvalue weighted by atomic mass is 9.88. The number of carbonyl (C=O) groups is 4. The molecule has 532 valence electrons. The first kappa shape index (κ1) is 79.7. The molecule has 0 amide bonds. The highest BCUT2D eigenvalue weighted by atomic mass is 32.2. The number of fused-ring (bicyclic) bond motifs is 1. The average Bonchev–Trinajstić information content (AvgIpc) is 1.73. The first-order valence-electron chi connectivity index (χ1n) is 34.3. The molecule has 0 aliphatic carbocycles. The van der Waals surface area contributed by atoms with Crippen LogP contribution in [0.15, 0.2) is 186 Å².